The van der Waals surface area contributed by atoms with Gasteiger partial charge in [0.2, 0.25) is 5.91 Å². The van der Waals surface area contributed by atoms with Crippen LogP contribution in [0.15, 0.2) is 103 Å². The summed E-state index contributed by atoms with van der Waals surface area (Å²) in [6.45, 7) is 2.10. The largest absolute Gasteiger partial charge is 0.482 e. The van der Waals surface area contributed by atoms with E-state index >= 15 is 0 Å². The van der Waals surface area contributed by atoms with Gasteiger partial charge in [-0.05, 0) is 73.0 Å². The summed E-state index contributed by atoms with van der Waals surface area (Å²) in [6, 6.07) is 26.8. The van der Waals surface area contributed by atoms with Crippen LogP contribution in [-0.4, -0.2) is 71.1 Å². The molecule has 54 heavy (non-hydrogen) atoms. The summed E-state index contributed by atoms with van der Waals surface area (Å²) in [4.78, 5) is 60.1. The van der Waals surface area contributed by atoms with Gasteiger partial charge < -0.3 is 29.5 Å². The molecule has 12 nitrogen and oxygen atoms in total. The van der Waals surface area contributed by atoms with Crippen LogP contribution in [0.1, 0.15) is 37.3 Å². The molecule has 12 heteroatoms. The second-order valence-corrected chi connectivity index (χ2v) is 14.0. The van der Waals surface area contributed by atoms with E-state index in [0.717, 1.165) is 18.4 Å². The van der Waals surface area contributed by atoms with Crippen LogP contribution in [0.2, 0.25) is 0 Å². The lowest BCUT2D eigenvalue weighted by Gasteiger charge is -2.31. The van der Waals surface area contributed by atoms with Crippen molar-refractivity contribution in [2.45, 2.75) is 44.4 Å². The predicted molar refractivity (Wildman–Crippen MR) is 201 cm³/mol. The molecule has 0 radical (unpaired) electrons. The molecule has 0 bridgehead atoms. The fourth-order valence-corrected chi connectivity index (χ4v) is 7.92. The first kappa shape index (κ1) is 35.1. The summed E-state index contributed by atoms with van der Waals surface area (Å²) in [6.07, 6.45) is 5.00. The normalized spacial score (nSPS) is 21.2. The van der Waals surface area contributed by atoms with Crippen molar-refractivity contribution >= 4 is 52.1 Å². The molecule has 276 valence electrons. The predicted octanol–water partition coefficient (Wildman–Crippen LogP) is 5.10. The average molecular weight is 729 g/mol. The number of anilines is 5. The smallest absolute Gasteiger partial charge is 0.269 e. The van der Waals surface area contributed by atoms with E-state index in [4.69, 9.17) is 9.47 Å². The molecule has 4 aliphatic rings. The maximum absolute atomic E-state index is 14.5. The lowest BCUT2D eigenvalue weighted by Crippen LogP contribution is -2.44. The molecule has 0 aliphatic carbocycles. The number of aliphatic hydroxyl groups excluding tert-OH is 1. The molecule has 4 heterocycles. The highest BCUT2D eigenvalue weighted by Gasteiger charge is 2.53. The standard InChI is InChI=1S/C42H40N4O8/c1-27(8-6-14-38(48)43-21-7-9-31(43)24-47)42(52)32-22-30(46-35-11-3-5-13-37(35)54-26-40(46)50)19-20-33(32)44(41(42)51)23-28-15-17-29(18-16-28)45-34-10-2-4-12-36(34)53-25-39(45)49/h2-6,8,10-13,15-20,22,27,31,47,52H,7,9,14,21,23-26H2,1H3/b8-6+/t27-,31+,42+/m1/s1. The number of likely N-dealkylation sites (tertiary alicyclic amines) is 1. The Labute approximate surface area is 312 Å². The minimum Gasteiger partial charge on any atom is -0.482 e. The van der Waals surface area contributed by atoms with Crippen LogP contribution in [0.25, 0.3) is 0 Å². The van der Waals surface area contributed by atoms with Crippen LogP contribution < -0.4 is 24.2 Å². The quantitative estimate of drug-likeness (QED) is 0.227. The van der Waals surface area contributed by atoms with Gasteiger partial charge >= 0.3 is 0 Å². The van der Waals surface area contributed by atoms with Gasteiger partial charge in [0.1, 0.15) is 11.5 Å². The van der Waals surface area contributed by atoms with E-state index in [2.05, 4.69) is 0 Å². The molecule has 0 aromatic heterocycles. The van der Waals surface area contributed by atoms with Crippen molar-refractivity contribution in [1.29, 1.82) is 0 Å². The molecule has 0 unspecified atom stereocenters. The third-order valence-corrected chi connectivity index (χ3v) is 10.7. The average Bonchev–Trinajstić information content (AvgIpc) is 3.76. The monoisotopic (exact) mass is 728 g/mol. The number of benzene rings is 4. The first-order valence-electron chi connectivity index (χ1n) is 18.1. The second kappa shape index (κ2) is 14.1. The number of ether oxygens (including phenoxy) is 2. The molecule has 0 spiro atoms. The fraction of sp³-hybridized carbons (Fsp3) is 0.286. The lowest BCUT2D eigenvalue weighted by molar-refractivity contribution is -0.139. The lowest BCUT2D eigenvalue weighted by atomic mass is 9.82. The summed E-state index contributed by atoms with van der Waals surface area (Å²) in [5, 5.41) is 22.2. The van der Waals surface area contributed by atoms with Gasteiger partial charge in [-0.3, -0.25) is 29.0 Å². The molecule has 4 aromatic carbocycles. The summed E-state index contributed by atoms with van der Waals surface area (Å²) in [5.41, 5.74) is 1.85. The number of amides is 4. The Hall–Kier alpha value is -5.98. The third-order valence-electron chi connectivity index (χ3n) is 10.7. The van der Waals surface area contributed by atoms with Gasteiger partial charge in [0.05, 0.1) is 36.3 Å². The SMILES string of the molecule is C[C@H](/C=C/CC(=O)N1CCC[C@H]1CO)[C@@]1(O)C(=O)N(Cc2ccc(N3C(=O)COc4ccccc43)cc2)c2ccc(N3C(=O)COc4ccccc43)cc21. The molecule has 3 atom stereocenters. The Morgan fingerprint density at radius 1 is 0.852 bits per heavy atom. The van der Waals surface area contributed by atoms with Crippen molar-refractivity contribution in [2.24, 2.45) is 5.92 Å². The number of rotatable bonds is 9. The van der Waals surface area contributed by atoms with Gasteiger partial charge in [0.15, 0.2) is 18.8 Å². The van der Waals surface area contributed by atoms with Gasteiger partial charge in [-0.25, -0.2) is 0 Å². The Bertz CT molecular complexity index is 2170. The topological polar surface area (TPSA) is 140 Å². The molecule has 0 saturated carbocycles. The molecule has 4 amide bonds. The van der Waals surface area contributed by atoms with Crippen LogP contribution in [0.4, 0.5) is 28.4 Å². The number of nitrogens with zero attached hydrogens (tertiary/aromatic N) is 4. The second-order valence-electron chi connectivity index (χ2n) is 14.0. The number of hydrogen-bond donors (Lipinski definition) is 2. The zero-order chi connectivity index (χ0) is 37.6. The summed E-state index contributed by atoms with van der Waals surface area (Å²) >= 11 is 0. The third kappa shape index (κ3) is 5.97. The highest BCUT2D eigenvalue weighted by atomic mass is 16.5. The van der Waals surface area contributed by atoms with Gasteiger partial charge in [-0.15, -0.1) is 0 Å². The molecular weight excluding hydrogens is 688 g/mol. The van der Waals surface area contributed by atoms with Crippen LogP contribution in [-0.2, 0) is 31.3 Å². The molecule has 2 N–H and O–H groups in total. The zero-order valence-electron chi connectivity index (χ0n) is 29.8. The first-order chi connectivity index (χ1) is 26.2. The molecule has 1 fully saturated rings. The van der Waals surface area contributed by atoms with E-state index in [9.17, 15) is 29.4 Å². The van der Waals surface area contributed by atoms with E-state index in [1.807, 2.05) is 54.6 Å². The van der Waals surface area contributed by atoms with E-state index in [1.165, 1.54) is 9.80 Å². The molecule has 1 saturated heterocycles. The molecule has 8 rings (SSSR count). The Morgan fingerprint density at radius 3 is 2.11 bits per heavy atom. The number of fused-ring (bicyclic) bond motifs is 3. The molecular formula is C42H40N4O8. The maximum atomic E-state index is 14.5. The summed E-state index contributed by atoms with van der Waals surface area (Å²) in [5.74, 6) is -0.795. The highest BCUT2D eigenvalue weighted by molar-refractivity contribution is 6.09. The van der Waals surface area contributed by atoms with Gasteiger partial charge in [0, 0.05) is 35.8 Å². The Morgan fingerprint density at radius 2 is 1.46 bits per heavy atom. The van der Waals surface area contributed by atoms with Crippen molar-refractivity contribution < 1.29 is 38.9 Å². The van der Waals surface area contributed by atoms with Crippen molar-refractivity contribution in [3.63, 3.8) is 0 Å². The Balaban J connectivity index is 1.11. The van der Waals surface area contributed by atoms with Crippen LogP contribution in [0.3, 0.4) is 0 Å². The van der Waals surface area contributed by atoms with Gasteiger partial charge in [-0.2, -0.15) is 0 Å². The van der Waals surface area contributed by atoms with E-state index in [0.29, 0.717) is 52.0 Å². The number of para-hydroxylation sites is 4. The van der Waals surface area contributed by atoms with Crippen molar-refractivity contribution in [2.75, 3.05) is 41.1 Å². The van der Waals surface area contributed by atoms with Crippen LogP contribution >= 0.6 is 0 Å². The number of carbonyl (C=O) groups is 4. The Kier molecular flexibility index (Phi) is 9.16. The molecule has 4 aromatic rings. The van der Waals surface area contributed by atoms with E-state index in [1.54, 1.807) is 65.3 Å². The summed E-state index contributed by atoms with van der Waals surface area (Å²) in [7, 11) is 0. The minimum absolute atomic E-state index is 0.0588. The molecule has 4 aliphatic heterocycles. The van der Waals surface area contributed by atoms with Crippen molar-refractivity contribution in [3.05, 3.63) is 114 Å². The summed E-state index contributed by atoms with van der Waals surface area (Å²) < 4.78 is 11.3. The number of carbonyl (C=O) groups excluding carboxylic acids is 4. The van der Waals surface area contributed by atoms with Gasteiger partial charge in [-0.1, -0.05) is 55.5 Å². The highest BCUT2D eigenvalue weighted by Crippen LogP contribution is 2.49. The fourth-order valence-electron chi connectivity index (χ4n) is 7.92. The number of hydrogen-bond acceptors (Lipinski definition) is 8. The van der Waals surface area contributed by atoms with Crippen molar-refractivity contribution in [1.82, 2.24) is 4.90 Å². The van der Waals surface area contributed by atoms with E-state index in [-0.39, 0.29) is 56.5 Å². The van der Waals surface area contributed by atoms with Crippen molar-refractivity contribution in [3.8, 4) is 11.5 Å². The maximum Gasteiger partial charge on any atom is 0.269 e. The minimum atomic E-state index is -2.04. The van der Waals surface area contributed by atoms with Gasteiger partial charge in [0.25, 0.3) is 17.7 Å². The zero-order valence-corrected chi connectivity index (χ0v) is 29.8. The first-order valence-corrected chi connectivity index (χ1v) is 18.1. The number of aliphatic hydroxyl groups is 2. The van der Waals surface area contributed by atoms with Crippen LogP contribution in [0.5, 0.6) is 11.5 Å². The van der Waals surface area contributed by atoms with Crippen LogP contribution in [0, 0.1) is 5.92 Å². The van der Waals surface area contributed by atoms with E-state index < -0.39 is 17.4 Å².